The molecule has 0 unspecified atom stereocenters. The number of aliphatic hydroxyl groups is 1. The average Bonchev–Trinajstić information content (AvgIpc) is 2.95. The molecule has 1 amide bonds. The molecular weight excluding hydrogens is 294 g/mol. The van der Waals surface area contributed by atoms with Gasteiger partial charge in [0.05, 0.1) is 12.7 Å². The lowest BCUT2D eigenvalue weighted by Gasteiger charge is -2.37. The number of aromatic amines is 1. The number of amides is 1. The summed E-state index contributed by atoms with van der Waals surface area (Å²) in [6.45, 7) is 1.60. The molecule has 7 heteroatoms. The number of aromatic nitrogens is 3. The summed E-state index contributed by atoms with van der Waals surface area (Å²) >= 11 is 0. The molecule has 2 heterocycles. The number of H-pyrrole nitrogens is 1. The van der Waals surface area contributed by atoms with E-state index in [1.807, 2.05) is 4.90 Å². The summed E-state index contributed by atoms with van der Waals surface area (Å²) in [7, 11) is 0. The molecule has 23 heavy (non-hydrogen) atoms. The average molecular weight is 321 g/mol. The molecule has 128 valence electrons. The van der Waals surface area contributed by atoms with E-state index < -0.39 is 5.60 Å². The molecule has 2 aliphatic rings. The Balaban J connectivity index is 1.52. The van der Waals surface area contributed by atoms with Crippen molar-refractivity contribution in [3.8, 4) is 0 Å². The lowest BCUT2D eigenvalue weighted by Crippen LogP contribution is -2.50. The van der Waals surface area contributed by atoms with E-state index in [9.17, 15) is 9.90 Å². The normalized spacial score (nSPS) is 27.5. The Labute approximate surface area is 136 Å². The fraction of sp³-hybridized carbons (Fsp3) is 0.812. The second kappa shape index (κ2) is 7.40. The summed E-state index contributed by atoms with van der Waals surface area (Å²) in [5.41, 5.74) is -0.445. The van der Waals surface area contributed by atoms with Gasteiger partial charge in [0.2, 0.25) is 5.91 Å². The number of hydrogen-bond acceptors (Lipinski definition) is 5. The molecule has 1 aromatic heterocycles. The van der Waals surface area contributed by atoms with Crippen LogP contribution in [-0.4, -0.2) is 57.0 Å². The van der Waals surface area contributed by atoms with E-state index in [1.54, 1.807) is 6.20 Å². The van der Waals surface area contributed by atoms with Crippen molar-refractivity contribution in [2.24, 2.45) is 0 Å². The van der Waals surface area contributed by atoms with E-state index in [0.717, 1.165) is 25.8 Å². The van der Waals surface area contributed by atoms with Gasteiger partial charge in [-0.2, -0.15) is 15.4 Å². The number of rotatable bonds is 4. The molecule has 1 saturated carbocycles. The number of nitrogens with one attached hydrogen (secondary N) is 2. The maximum atomic E-state index is 12.3. The van der Waals surface area contributed by atoms with Gasteiger partial charge in [-0.05, 0) is 32.2 Å². The van der Waals surface area contributed by atoms with Crippen molar-refractivity contribution in [2.75, 3.05) is 19.6 Å². The van der Waals surface area contributed by atoms with E-state index in [1.165, 1.54) is 25.7 Å². The second-order valence-electron chi connectivity index (χ2n) is 6.96. The molecule has 0 aromatic carbocycles. The van der Waals surface area contributed by atoms with Crippen molar-refractivity contribution in [1.29, 1.82) is 0 Å². The Kier molecular flexibility index (Phi) is 5.27. The Morgan fingerprint density at radius 1 is 1.35 bits per heavy atom. The van der Waals surface area contributed by atoms with Gasteiger partial charge in [-0.25, -0.2) is 0 Å². The van der Waals surface area contributed by atoms with Crippen LogP contribution in [0.25, 0.3) is 0 Å². The second-order valence-corrected chi connectivity index (χ2v) is 6.96. The van der Waals surface area contributed by atoms with E-state index in [4.69, 9.17) is 0 Å². The van der Waals surface area contributed by atoms with Crippen molar-refractivity contribution in [2.45, 2.75) is 63.0 Å². The van der Waals surface area contributed by atoms with Gasteiger partial charge < -0.3 is 10.4 Å². The molecule has 3 N–H and O–H groups in total. The van der Waals surface area contributed by atoms with E-state index >= 15 is 0 Å². The van der Waals surface area contributed by atoms with Gasteiger partial charge in [-0.15, -0.1) is 0 Å². The summed E-state index contributed by atoms with van der Waals surface area (Å²) < 4.78 is 0. The van der Waals surface area contributed by atoms with Gasteiger partial charge in [0.25, 0.3) is 0 Å². The highest BCUT2D eigenvalue weighted by Gasteiger charge is 2.37. The molecule has 0 spiro atoms. The maximum Gasteiger partial charge on any atom is 0.234 e. The first-order valence-electron chi connectivity index (χ1n) is 8.76. The molecular formula is C16H27N5O2. The number of carbonyl (C=O) groups excluding carboxylic acids is 1. The number of likely N-dealkylation sites (tertiary alicyclic amines) is 1. The summed E-state index contributed by atoms with van der Waals surface area (Å²) in [6, 6.07) is 0.323. The summed E-state index contributed by atoms with van der Waals surface area (Å²) in [5, 5.41) is 24.3. The molecule has 1 atom stereocenters. The van der Waals surface area contributed by atoms with Crippen LogP contribution >= 0.6 is 0 Å². The molecule has 7 nitrogen and oxygen atoms in total. The van der Waals surface area contributed by atoms with Gasteiger partial charge in [-0.1, -0.05) is 25.7 Å². The van der Waals surface area contributed by atoms with Crippen LogP contribution in [0.3, 0.4) is 0 Å². The molecule has 1 aromatic rings. The zero-order chi connectivity index (χ0) is 16.1. The quantitative estimate of drug-likeness (QED) is 0.717. The highest BCUT2D eigenvalue weighted by molar-refractivity contribution is 5.78. The highest BCUT2D eigenvalue weighted by Crippen LogP contribution is 2.29. The summed E-state index contributed by atoms with van der Waals surface area (Å²) in [4.78, 5) is 14.3. The highest BCUT2D eigenvalue weighted by atomic mass is 16.3. The fourth-order valence-corrected chi connectivity index (χ4v) is 3.79. The Bertz CT molecular complexity index is 499. The first-order valence-corrected chi connectivity index (χ1v) is 8.76. The molecule has 0 radical (unpaired) electrons. The molecule has 1 saturated heterocycles. The number of carbonyl (C=O) groups is 1. The predicted octanol–water partition coefficient (Wildman–Crippen LogP) is 0.927. The number of nitrogens with zero attached hydrogens (tertiary/aromatic N) is 3. The van der Waals surface area contributed by atoms with Crippen LogP contribution in [0, 0.1) is 0 Å². The van der Waals surface area contributed by atoms with Gasteiger partial charge in [0.1, 0.15) is 11.3 Å². The van der Waals surface area contributed by atoms with Crippen LogP contribution in [0.5, 0.6) is 0 Å². The minimum absolute atomic E-state index is 0.0707. The fourth-order valence-electron chi connectivity index (χ4n) is 3.79. The lowest BCUT2D eigenvalue weighted by atomic mass is 9.90. The van der Waals surface area contributed by atoms with Crippen molar-refractivity contribution in [3.05, 3.63) is 11.9 Å². The minimum Gasteiger partial charge on any atom is -0.382 e. The van der Waals surface area contributed by atoms with E-state index in [2.05, 4.69) is 20.7 Å². The smallest absolute Gasteiger partial charge is 0.234 e. The minimum atomic E-state index is -1.01. The zero-order valence-electron chi connectivity index (χ0n) is 13.6. The summed E-state index contributed by atoms with van der Waals surface area (Å²) in [5.74, 6) is 0.0707. The van der Waals surface area contributed by atoms with Crippen LogP contribution < -0.4 is 5.32 Å². The Morgan fingerprint density at radius 2 is 2.13 bits per heavy atom. The van der Waals surface area contributed by atoms with E-state index in [-0.39, 0.29) is 5.91 Å². The van der Waals surface area contributed by atoms with Gasteiger partial charge in [0, 0.05) is 12.6 Å². The maximum absolute atomic E-state index is 12.3. The first kappa shape index (κ1) is 16.4. The van der Waals surface area contributed by atoms with Crippen LogP contribution in [0.4, 0.5) is 0 Å². The van der Waals surface area contributed by atoms with Crippen molar-refractivity contribution >= 4 is 5.91 Å². The SMILES string of the molecule is O=C(CN1CCC[C@@](O)(c2cn[nH]n2)C1)NC1CCCCCC1. The molecule has 1 aliphatic heterocycles. The Morgan fingerprint density at radius 3 is 2.83 bits per heavy atom. The van der Waals surface area contributed by atoms with Crippen molar-refractivity contribution in [1.82, 2.24) is 25.6 Å². The van der Waals surface area contributed by atoms with Crippen LogP contribution in [-0.2, 0) is 10.4 Å². The van der Waals surface area contributed by atoms with Gasteiger partial charge in [-0.3, -0.25) is 9.69 Å². The van der Waals surface area contributed by atoms with Gasteiger partial charge in [0.15, 0.2) is 0 Å². The third-order valence-corrected chi connectivity index (χ3v) is 5.03. The third kappa shape index (κ3) is 4.29. The molecule has 3 rings (SSSR count). The van der Waals surface area contributed by atoms with Crippen molar-refractivity contribution in [3.63, 3.8) is 0 Å². The van der Waals surface area contributed by atoms with Crippen LogP contribution in [0.2, 0.25) is 0 Å². The van der Waals surface area contributed by atoms with Crippen LogP contribution in [0.15, 0.2) is 6.20 Å². The molecule has 1 aliphatic carbocycles. The first-order chi connectivity index (χ1) is 11.2. The van der Waals surface area contributed by atoms with E-state index in [0.29, 0.717) is 31.2 Å². The number of hydrogen-bond donors (Lipinski definition) is 3. The van der Waals surface area contributed by atoms with Crippen molar-refractivity contribution < 1.29 is 9.90 Å². The zero-order valence-corrected chi connectivity index (χ0v) is 13.6. The summed E-state index contributed by atoms with van der Waals surface area (Å²) in [6.07, 6.45) is 10.2. The predicted molar refractivity (Wildman–Crippen MR) is 85.6 cm³/mol. The van der Waals surface area contributed by atoms with Crippen LogP contribution in [0.1, 0.15) is 57.1 Å². The molecule has 2 fully saturated rings. The molecule has 0 bridgehead atoms. The third-order valence-electron chi connectivity index (χ3n) is 5.03. The largest absolute Gasteiger partial charge is 0.382 e. The number of β-amino-alcohol motifs (C(OH)–C–C–N with tert-alkyl or cyclic N) is 1. The monoisotopic (exact) mass is 321 g/mol. The number of piperidine rings is 1. The Hall–Kier alpha value is -1.47. The topological polar surface area (TPSA) is 94.1 Å². The van der Waals surface area contributed by atoms with Gasteiger partial charge >= 0.3 is 0 Å². The standard InChI is InChI=1S/C16H27N5O2/c22-15(18-13-6-3-1-2-4-7-13)11-21-9-5-8-16(23,12-21)14-10-17-20-19-14/h10,13,23H,1-9,11-12H2,(H,18,22)(H,17,19,20)/t16-/m0/s1. The lowest BCUT2D eigenvalue weighted by molar-refractivity contribution is -0.125.